The molecular weight excluding hydrogens is 218 g/mol. The highest BCUT2D eigenvalue weighted by Gasteiger charge is 2.10. The molecule has 0 saturated carbocycles. The van der Waals surface area contributed by atoms with Gasteiger partial charge >= 0.3 is 0 Å². The Bertz CT molecular complexity index is 532. The SMILES string of the molecule is Cn1nc(-c2ccccc2)nc1CC(N)=NO. The summed E-state index contributed by atoms with van der Waals surface area (Å²) >= 11 is 0. The van der Waals surface area contributed by atoms with Crippen LogP contribution in [0.5, 0.6) is 0 Å². The largest absolute Gasteiger partial charge is 0.409 e. The van der Waals surface area contributed by atoms with E-state index in [1.807, 2.05) is 30.3 Å². The second-order valence-electron chi connectivity index (χ2n) is 3.61. The van der Waals surface area contributed by atoms with E-state index in [0.29, 0.717) is 11.6 Å². The predicted octanol–water partition coefficient (Wildman–Crippen LogP) is 0.771. The molecular formula is C11H13N5O. The van der Waals surface area contributed by atoms with Crippen LogP contribution in [-0.2, 0) is 13.5 Å². The number of amidine groups is 1. The van der Waals surface area contributed by atoms with E-state index in [4.69, 9.17) is 10.9 Å². The van der Waals surface area contributed by atoms with Gasteiger partial charge in [-0.05, 0) is 0 Å². The maximum Gasteiger partial charge on any atom is 0.181 e. The van der Waals surface area contributed by atoms with Crippen LogP contribution >= 0.6 is 0 Å². The van der Waals surface area contributed by atoms with Crippen LogP contribution in [-0.4, -0.2) is 25.8 Å². The van der Waals surface area contributed by atoms with Gasteiger partial charge in [0.25, 0.3) is 0 Å². The molecule has 17 heavy (non-hydrogen) atoms. The van der Waals surface area contributed by atoms with Gasteiger partial charge in [0.1, 0.15) is 11.7 Å². The summed E-state index contributed by atoms with van der Waals surface area (Å²) in [5.41, 5.74) is 6.38. The van der Waals surface area contributed by atoms with E-state index in [2.05, 4.69) is 15.2 Å². The lowest BCUT2D eigenvalue weighted by Crippen LogP contribution is -2.17. The molecule has 6 heteroatoms. The van der Waals surface area contributed by atoms with Crippen molar-refractivity contribution >= 4 is 5.84 Å². The Morgan fingerprint density at radius 3 is 2.76 bits per heavy atom. The summed E-state index contributed by atoms with van der Waals surface area (Å²) in [5.74, 6) is 1.40. The summed E-state index contributed by atoms with van der Waals surface area (Å²) in [7, 11) is 1.78. The van der Waals surface area contributed by atoms with Gasteiger partial charge in [0.15, 0.2) is 5.82 Å². The van der Waals surface area contributed by atoms with E-state index >= 15 is 0 Å². The highest BCUT2D eigenvalue weighted by atomic mass is 16.4. The Labute approximate surface area is 98.4 Å². The quantitative estimate of drug-likeness (QED) is 0.353. The van der Waals surface area contributed by atoms with Crippen LogP contribution in [0, 0.1) is 0 Å². The Balaban J connectivity index is 2.31. The molecule has 0 saturated heterocycles. The Morgan fingerprint density at radius 2 is 2.12 bits per heavy atom. The molecule has 1 aromatic heterocycles. The zero-order chi connectivity index (χ0) is 12.3. The molecule has 0 fully saturated rings. The molecule has 0 aliphatic rings. The third kappa shape index (κ3) is 2.41. The third-order valence-corrected chi connectivity index (χ3v) is 2.35. The van der Waals surface area contributed by atoms with Crippen molar-refractivity contribution in [3.05, 3.63) is 36.2 Å². The van der Waals surface area contributed by atoms with Crippen LogP contribution in [0.25, 0.3) is 11.4 Å². The van der Waals surface area contributed by atoms with Crippen LogP contribution in [0.3, 0.4) is 0 Å². The molecule has 0 aliphatic heterocycles. The molecule has 0 radical (unpaired) electrons. The van der Waals surface area contributed by atoms with E-state index in [9.17, 15) is 0 Å². The lowest BCUT2D eigenvalue weighted by Gasteiger charge is -1.96. The zero-order valence-corrected chi connectivity index (χ0v) is 9.41. The van der Waals surface area contributed by atoms with Gasteiger partial charge in [-0.2, -0.15) is 5.10 Å². The van der Waals surface area contributed by atoms with Crippen LogP contribution in [0.4, 0.5) is 0 Å². The van der Waals surface area contributed by atoms with Crippen LogP contribution in [0.2, 0.25) is 0 Å². The summed E-state index contributed by atoms with van der Waals surface area (Å²) in [6.07, 6.45) is 0.271. The van der Waals surface area contributed by atoms with E-state index < -0.39 is 0 Å². The zero-order valence-electron chi connectivity index (χ0n) is 9.41. The second-order valence-corrected chi connectivity index (χ2v) is 3.61. The molecule has 2 aromatic rings. The number of aryl methyl sites for hydroxylation is 1. The maximum atomic E-state index is 8.52. The van der Waals surface area contributed by atoms with Crippen LogP contribution in [0.15, 0.2) is 35.5 Å². The molecule has 0 spiro atoms. The standard InChI is InChI=1S/C11H13N5O/c1-16-10(7-9(12)15-17)13-11(14-16)8-5-3-2-4-6-8/h2-6,17H,7H2,1H3,(H2,12,15). The fourth-order valence-corrected chi connectivity index (χ4v) is 1.48. The molecule has 88 valence electrons. The topological polar surface area (TPSA) is 89.3 Å². The van der Waals surface area contributed by atoms with Gasteiger partial charge in [0.2, 0.25) is 0 Å². The van der Waals surface area contributed by atoms with Gasteiger partial charge in [0, 0.05) is 12.6 Å². The predicted molar refractivity (Wildman–Crippen MR) is 63.6 cm³/mol. The Kier molecular flexibility index (Phi) is 3.04. The summed E-state index contributed by atoms with van der Waals surface area (Å²) in [4.78, 5) is 4.35. The first-order chi connectivity index (χ1) is 8.20. The number of rotatable bonds is 3. The molecule has 1 aromatic carbocycles. The average Bonchev–Trinajstić information content (AvgIpc) is 2.72. The van der Waals surface area contributed by atoms with Crippen molar-refractivity contribution in [3.8, 4) is 11.4 Å². The van der Waals surface area contributed by atoms with Crippen molar-refractivity contribution in [1.82, 2.24) is 14.8 Å². The minimum atomic E-state index is 0.111. The van der Waals surface area contributed by atoms with Gasteiger partial charge < -0.3 is 10.9 Å². The third-order valence-electron chi connectivity index (χ3n) is 2.35. The van der Waals surface area contributed by atoms with Crippen molar-refractivity contribution in [3.63, 3.8) is 0 Å². The summed E-state index contributed by atoms with van der Waals surface area (Å²) in [5, 5.41) is 15.7. The number of aromatic nitrogens is 3. The number of hydrogen-bond donors (Lipinski definition) is 2. The van der Waals surface area contributed by atoms with Gasteiger partial charge in [-0.15, -0.1) is 0 Å². The monoisotopic (exact) mass is 231 g/mol. The minimum Gasteiger partial charge on any atom is -0.409 e. The number of nitrogens with two attached hydrogens (primary N) is 1. The van der Waals surface area contributed by atoms with Gasteiger partial charge in [0.05, 0.1) is 6.42 Å². The molecule has 6 nitrogen and oxygen atoms in total. The van der Waals surface area contributed by atoms with E-state index in [0.717, 1.165) is 5.56 Å². The lowest BCUT2D eigenvalue weighted by atomic mass is 10.2. The molecule has 3 N–H and O–H groups in total. The van der Waals surface area contributed by atoms with Crippen molar-refractivity contribution in [1.29, 1.82) is 0 Å². The smallest absolute Gasteiger partial charge is 0.181 e. The first kappa shape index (κ1) is 11.1. The fourth-order valence-electron chi connectivity index (χ4n) is 1.48. The van der Waals surface area contributed by atoms with E-state index in [1.165, 1.54) is 0 Å². The van der Waals surface area contributed by atoms with Gasteiger partial charge in [-0.3, -0.25) is 4.68 Å². The number of nitrogens with zero attached hydrogens (tertiary/aromatic N) is 4. The molecule has 0 aliphatic carbocycles. The summed E-state index contributed by atoms with van der Waals surface area (Å²) in [6, 6.07) is 9.65. The minimum absolute atomic E-state index is 0.111. The normalized spacial score (nSPS) is 11.7. The van der Waals surface area contributed by atoms with Crippen molar-refractivity contribution in [2.75, 3.05) is 0 Å². The molecule has 0 unspecified atom stereocenters. The van der Waals surface area contributed by atoms with E-state index in [-0.39, 0.29) is 12.3 Å². The van der Waals surface area contributed by atoms with Crippen molar-refractivity contribution < 1.29 is 5.21 Å². The first-order valence-corrected chi connectivity index (χ1v) is 5.12. The molecule has 0 atom stereocenters. The molecule has 0 bridgehead atoms. The first-order valence-electron chi connectivity index (χ1n) is 5.12. The number of hydrogen-bond acceptors (Lipinski definition) is 4. The fraction of sp³-hybridized carbons (Fsp3) is 0.182. The van der Waals surface area contributed by atoms with Crippen molar-refractivity contribution in [2.24, 2.45) is 17.9 Å². The Hall–Kier alpha value is -2.37. The van der Waals surface area contributed by atoms with E-state index in [1.54, 1.807) is 11.7 Å². The van der Waals surface area contributed by atoms with Gasteiger partial charge in [-0.25, -0.2) is 4.98 Å². The molecule has 0 amide bonds. The van der Waals surface area contributed by atoms with Crippen LogP contribution in [0.1, 0.15) is 5.82 Å². The highest BCUT2D eigenvalue weighted by molar-refractivity contribution is 5.81. The Morgan fingerprint density at radius 1 is 1.41 bits per heavy atom. The second kappa shape index (κ2) is 4.65. The maximum absolute atomic E-state index is 8.52. The molecule has 2 rings (SSSR count). The summed E-state index contributed by atoms with van der Waals surface area (Å²) in [6.45, 7) is 0. The number of benzene rings is 1. The number of oxime groups is 1. The highest BCUT2D eigenvalue weighted by Crippen LogP contribution is 2.14. The van der Waals surface area contributed by atoms with Crippen molar-refractivity contribution in [2.45, 2.75) is 6.42 Å². The summed E-state index contributed by atoms with van der Waals surface area (Å²) < 4.78 is 1.63. The van der Waals surface area contributed by atoms with Gasteiger partial charge in [-0.1, -0.05) is 35.5 Å². The lowest BCUT2D eigenvalue weighted by molar-refractivity contribution is 0.317. The molecule has 1 heterocycles. The average molecular weight is 231 g/mol. The van der Waals surface area contributed by atoms with Crippen LogP contribution < -0.4 is 5.73 Å².